The van der Waals surface area contributed by atoms with Crippen LogP contribution in [0, 0.1) is 0 Å². The second kappa shape index (κ2) is 11.1. The summed E-state index contributed by atoms with van der Waals surface area (Å²) in [5.41, 5.74) is 3.67. The Balaban J connectivity index is 1.84. The average Bonchev–Trinajstić information content (AvgIpc) is 3.31. The van der Waals surface area contributed by atoms with Crippen molar-refractivity contribution in [3.8, 4) is 34.3 Å². The summed E-state index contributed by atoms with van der Waals surface area (Å²) in [7, 11) is 6.44. The molecule has 0 aliphatic rings. The molecule has 0 radical (unpaired) electrons. The molecule has 4 rings (SSSR count). The van der Waals surface area contributed by atoms with Crippen LogP contribution in [0.1, 0.15) is 12.5 Å². The van der Waals surface area contributed by atoms with Crippen LogP contribution in [0.4, 0.5) is 0 Å². The molecular formula is C28H29N3O4S. The Hall–Kier alpha value is -4.04. The van der Waals surface area contributed by atoms with E-state index in [0.29, 0.717) is 23.8 Å². The highest BCUT2D eigenvalue weighted by molar-refractivity contribution is 7.07. The second-order valence-corrected chi connectivity index (χ2v) is 8.92. The van der Waals surface area contributed by atoms with Gasteiger partial charge in [-0.1, -0.05) is 30.4 Å². The minimum Gasteiger partial charge on any atom is -0.497 e. The maximum absolute atomic E-state index is 5.62. The Morgan fingerprint density at radius 1 is 0.917 bits per heavy atom. The van der Waals surface area contributed by atoms with Crippen molar-refractivity contribution < 1.29 is 18.9 Å². The molecule has 7 nitrogen and oxygen atoms in total. The molecule has 3 aromatic carbocycles. The molecule has 4 aromatic rings. The van der Waals surface area contributed by atoms with Crippen molar-refractivity contribution in [2.24, 2.45) is 10.1 Å². The SMILES string of the molecule is C=C(C)CN=c1scc(-c2ccc3cc(OC)ccc3c2)n1N=Cc1ccc(OC)c(OC)c1OC. The Morgan fingerprint density at radius 3 is 2.36 bits per heavy atom. The first kappa shape index (κ1) is 25.1. The fraction of sp³-hybridized carbons (Fsp3) is 0.214. The van der Waals surface area contributed by atoms with Gasteiger partial charge in [-0.15, -0.1) is 11.3 Å². The Kier molecular flexibility index (Phi) is 7.75. The van der Waals surface area contributed by atoms with Gasteiger partial charge >= 0.3 is 0 Å². The number of nitrogens with zero attached hydrogens (tertiary/aromatic N) is 3. The van der Waals surface area contributed by atoms with Gasteiger partial charge in [-0.3, -0.25) is 4.99 Å². The van der Waals surface area contributed by atoms with Gasteiger partial charge < -0.3 is 18.9 Å². The molecule has 0 fully saturated rings. The van der Waals surface area contributed by atoms with E-state index in [1.807, 2.05) is 35.9 Å². The van der Waals surface area contributed by atoms with E-state index in [4.69, 9.17) is 29.0 Å². The van der Waals surface area contributed by atoms with Gasteiger partial charge in [0.1, 0.15) is 5.75 Å². The predicted octanol–water partition coefficient (Wildman–Crippen LogP) is 5.76. The van der Waals surface area contributed by atoms with E-state index in [0.717, 1.165) is 43.7 Å². The lowest BCUT2D eigenvalue weighted by Crippen LogP contribution is -2.13. The van der Waals surface area contributed by atoms with Crippen LogP contribution in [-0.4, -0.2) is 45.9 Å². The molecule has 1 aromatic heterocycles. The van der Waals surface area contributed by atoms with Crippen LogP contribution in [0.15, 0.2) is 76.2 Å². The Morgan fingerprint density at radius 2 is 1.67 bits per heavy atom. The molecule has 186 valence electrons. The van der Waals surface area contributed by atoms with Gasteiger partial charge in [0, 0.05) is 16.5 Å². The smallest absolute Gasteiger partial charge is 0.206 e. The fourth-order valence-electron chi connectivity index (χ4n) is 3.78. The van der Waals surface area contributed by atoms with Gasteiger partial charge in [-0.2, -0.15) is 5.10 Å². The Bertz CT molecular complexity index is 1500. The molecule has 0 bridgehead atoms. The van der Waals surface area contributed by atoms with Crippen molar-refractivity contribution in [2.75, 3.05) is 35.0 Å². The van der Waals surface area contributed by atoms with Crippen LogP contribution in [0.3, 0.4) is 0 Å². The van der Waals surface area contributed by atoms with Gasteiger partial charge in [0.2, 0.25) is 10.6 Å². The molecule has 0 saturated carbocycles. The zero-order valence-corrected chi connectivity index (χ0v) is 21.9. The van der Waals surface area contributed by atoms with E-state index in [1.165, 1.54) is 11.3 Å². The first-order chi connectivity index (χ1) is 17.5. The molecule has 0 aliphatic heterocycles. The van der Waals surface area contributed by atoms with Crippen LogP contribution in [0.25, 0.3) is 22.0 Å². The molecule has 0 atom stereocenters. The van der Waals surface area contributed by atoms with Crippen molar-refractivity contribution in [1.29, 1.82) is 0 Å². The van der Waals surface area contributed by atoms with Crippen molar-refractivity contribution in [1.82, 2.24) is 4.68 Å². The van der Waals surface area contributed by atoms with E-state index in [1.54, 1.807) is 34.7 Å². The minimum atomic E-state index is 0.511. The molecule has 0 amide bonds. The molecule has 0 N–H and O–H groups in total. The highest BCUT2D eigenvalue weighted by Gasteiger charge is 2.15. The Labute approximate surface area is 214 Å². The molecular weight excluding hydrogens is 474 g/mol. The minimum absolute atomic E-state index is 0.511. The van der Waals surface area contributed by atoms with E-state index < -0.39 is 0 Å². The van der Waals surface area contributed by atoms with Crippen LogP contribution in [-0.2, 0) is 0 Å². The normalized spacial score (nSPS) is 11.8. The summed E-state index contributed by atoms with van der Waals surface area (Å²) in [4.78, 5) is 5.49. The van der Waals surface area contributed by atoms with E-state index in [2.05, 4.69) is 36.2 Å². The summed E-state index contributed by atoms with van der Waals surface area (Å²) in [6, 6.07) is 16.0. The summed E-state index contributed by atoms with van der Waals surface area (Å²) < 4.78 is 23.7. The first-order valence-corrected chi connectivity index (χ1v) is 12.1. The summed E-state index contributed by atoms with van der Waals surface area (Å²) in [6.07, 6.45) is 1.74. The zero-order chi connectivity index (χ0) is 25.7. The molecule has 0 unspecified atom stereocenters. The van der Waals surface area contributed by atoms with Crippen molar-refractivity contribution >= 4 is 28.3 Å². The molecule has 1 heterocycles. The highest BCUT2D eigenvalue weighted by Crippen LogP contribution is 2.39. The monoisotopic (exact) mass is 503 g/mol. The number of hydrogen-bond acceptors (Lipinski definition) is 7. The van der Waals surface area contributed by atoms with Crippen molar-refractivity contribution in [3.05, 3.63) is 76.4 Å². The molecule has 0 saturated heterocycles. The van der Waals surface area contributed by atoms with Crippen molar-refractivity contribution in [2.45, 2.75) is 6.92 Å². The zero-order valence-electron chi connectivity index (χ0n) is 21.1. The van der Waals surface area contributed by atoms with Crippen LogP contribution in [0.2, 0.25) is 0 Å². The number of benzene rings is 3. The maximum atomic E-state index is 5.62. The number of ether oxygens (including phenoxy) is 4. The quantitative estimate of drug-likeness (QED) is 0.215. The lowest BCUT2D eigenvalue weighted by atomic mass is 10.1. The van der Waals surface area contributed by atoms with Crippen LogP contribution >= 0.6 is 11.3 Å². The number of hydrogen-bond donors (Lipinski definition) is 0. The van der Waals surface area contributed by atoms with Gasteiger partial charge in [0.05, 0.1) is 46.9 Å². The standard InChI is InChI=1S/C28H29N3O4S/c1-18(2)15-29-28-31(30-16-22-10-12-25(33-4)27(35-6)26(22)34-5)24(17-36-28)21-8-7-20-14-23(32-3)11-9-19(20)13-21/h7-14,16-17H,1,15H2,2-6H3. The lowest BCUT2D eigenvalue weighted by molar-refractivity contribution is 0.324. The average molecular weight is 504 g/mol. The first-order valence-electron chi connectivity index (χ1n) is 11.3. The van der Waals surface area contributed by atoms with Gasteiger partial charge in [-0.25, -0.2) is 4.68 Å². The molecule has 36 heavy (non-hydrogen) atoms. The molecule has 8 heteroatoms. The summed E-state index contributed by atoms with van der Waals surface area (Å²) in [5.74, 6) is 2.46. The topological polar surface area (TPSA) is 66.6 Å². The highest BCUT2D eigenvalue weighted by atomic mass is 32.1. The van der Waals surface area contributed by atoms with E-state index >= 15 is 0 Å². The third kappa shape index (κ3) is 5.13. The third-order valence-corrected chi connectivity index (χ3v) is 6.41. The largest absolute Gasteiger partial charge is 0.497 e. The van der Waals surface area contributed by atoms with Gasteiger partial charge in [-0.05, 0) is 48.0 Å². The van der Waals surface area contributed by atoms with Gasteiger partial charge in [0.25, 0.3) is 0 Å². The number of aromatic nitrogens is 1. The van der Waals surface area contributed by atoms with Crippen molar-refractivity contribution in [3.63, 3.8) is 0 Å². The molecule has 0 spiro atoms. The summed E-state index contributed by atoms with van der Waals surface area (Å²) >= 11 is 1.53. The second-order valence-electron chi connectivity index (χ2n) is 8.08. The van der Waals surface area contributed by atoms with Crippen LogP contribution in [0.5, 0.6) is 23.0 Å². The van der Waals surface area contributed by atoms with Crippen LogP contribution < -0.4 is 23.7 Å². The third-order valence-electron chi connectivity index (χ3n) is 5.56. The number of rotatable bonds is 9. The predicted molar refractivity (Wildman–Crippen MR) is 146 cm³/mol. The van der Waals surface area contributed by atoms with E-state index in [-0.39, 0.29) is 0 Å². The summed E-state index contributed by atoms with van der Waals surface area (Å²) in [5, 5.41) is 9.09. The fourth-order valence-corrected chi connectivity index (χ4v) is 4.61. The summed E-state index contributed by atoms with van der Waals surface area (Å²) in [6.45, 7) is 6.45. The number of methoxy groups -OCH3 is 4. The molecule has 0 aliphatic carbocycles. The lowest BCUT2D eigenvalue weighted by Gasteiger charge is -2.13. The number of thiazole rings is 1. The van der Waals surface area contributed by atoms with Gasteiger partial charge in [0.15, 0.2) is 11.5 Å². The number of fused-ring (bicyclic) bond motifs is 1. The maximum Gasteiger partial charge on any atom is 0.206 e. The van der Waals surface area contributed by atoms with E-state index in [9.17, 15) is 0 Å².